The van der Waals surface area contributed by atoms with Crippen LogP contribution in [0.4, 0.5) is 0 Å². The maximum atomic E-state index is 12.5. The van der Waals surface area contributed by atoms with E-state index in [1.807, 2.05) is 0 Å². The van der Waals surface area contributed by atoms with Gasteiger partial charge >= 0.3 is 5.97 Å². The number of carboxylic acids is 1. The fraction of sp³-hybridized carbons (Fsp3) is 0.429. The molecule has 0 unspecified atom stereocenters. The molecule has 0 saturated carbocycles. The van der Waals surface area contributed by atoms with Crippen LogP contribution < -0.4 is 4.74 Å². The van der Waals surface area contributed by atoms with Gasteiger partial charge in [0.25, 0.3) is 5.91 Å². The number of carboxylic acid groups (broad SMARTS) is 1. The molecule has 1 aromatic rings. The predicted octanol–water partition coefficient (Wildman–Crippen LogP) is 2.39. The topological polar surface area (TPSA) is 66.8 Å². The van der Waals surface area contributed by atoms with Crippen molar-refractivity contribution >= 4 is 27.8 Å². The molecule has 1 aliphatic heterocycles. The summed E-state index contributed by atoms with van der Waals surface area (Å²) in [5, 5.41) is 8.97. The highest BCUT2D eigenvalue weighted by atomic mass is 79.9. The summed E-state index contributed by atoms with van der Waals surface area (Å²) < 4.78 is 5.84. The van der Waals surface area contributed by atoms with Crippen LogP contribution in [0.1, 0.15) is 23.2 Å². The number of rotatable bonds is 3. The van der Waals surface area contributed by atoms with E-state index in [9.17, 15) is 9.59 Å². The average molecular weight is 342 g/mol. The van der Waals surface area contributed by atoms with Crippen LogP contribution in [0.2, 0.25) is 0 Å². The molecule has 2 rings (SSSR count). The van der Waals surface area contributed by atoms with Crippen LogP contribution in [0.3, 0.4) is 0 Å². The molecule has 0 radical (unpaired) electrons. The molecule has 6 heteroatoms. The third-order valence-corrected chi connectivity index (χ3v) is 4.23. The highest BCUT2D eigenvalue weighted by Gasteiger charge is 2.28. The van der Waals surface area contributed by atoms with E-state index in [1.54, 1.807) is 30.2 Å². The van der Waals surface area contributed by atoms with Gasteiger partial charge in [0, 0.05) is 17.6 Å². The molecule has 0 aliphatic carbocycles. The van der Waals surface area contributed by atoms with Crippen molar-refractivity contribution in [3.63, 3.8) is 0 Å². The molecule has 5 nitrogen and oxygen atoms in total. The molecular weight excluding hydrogens is 326 g/mol. The van der Waals surface area contributed by atoms with Crippen molar-refractivity contribution in [2.75, 3.05) is 20.2 Å². The van der Waals surface area contributed by atoms with Crippen molar-refractivity contribution in [3.8, 4) is 5.75 Å². The van der Waals surface area contributed by atoms with E-state index < -0.39 is 5.97 Å². The molecule has 1 heterocycles. The summed E-state index contributed by atoms with van der Waals surface area (Å²) in [4.78, 5) is 25.1. The van der Waals surface area contributed by atoms with Gasteiger partial charge in [-0.3, -0.25) is 9.59 Å². The lowest BCUT2D eigenvalue weighted by molar-refractivity contribution is -0.143. The number of hydrogen-bond donors (Lipinski definition) is 1. The zero-order valence-corrected chi connectivity index (χ0v) is 12.7. The first-order valence-corrected chi connectivity index (χ1v) is 7.18. The monoisotopic (exact) mass is 341 g/mol. The largest absolute Gasteiger partial charge is 0.497 e. The van der Waals surface area contributed by atoms with E-state index in [-0.39, 0.29) is 11.8 Å². The smallest absolute Gasteiger partial charge is 0.306 e. The zero-order chi connectivity index (χ0) is 14.7. The Balaban J connectivity index is 2.11. The number of likely N-dealkylation sites (tertiary alicyclic amines) is 1. The first kappa shape index (κ1) is 14.8. The zero-order valence-electron chi connectivity index (χ0n) is 11.1. The van der Waals surface area contributed by atoms with Crippen molar-refractivity contribution in [1.29, 1.82) is 0 Å². The van der Waals surface area contributed by atoms with E-state index in [1.165, 1.54) is 0 Å². The Bertz CT molecular complexity index is 524. The Morgan fingerprint density at radius 1 is 1.35 bits per heavy atom. The van der Waals surface area contributed by atoms with Crippen LogP contribution in [0.15, 0.2) is 22.7 Å². The van der Waals surface area contributed by atoms with Crippen LogP contribution in [-0.4, -0.2) is 42.1 Å². The van der Waals surface area contributed by atoms with Gasteiger partial charge in [0.05, 0.1) is 18.6 Å². The second kappa shape index (κ2) is 6.26. The van der Waals surface area contributed by atoms with Crippen LogP contribution >= 0.6 is 15.9 Å². The second-order valence-corrected chi connectivity index (χ2v) is 5.60. The number of ether oxygens (including phenoxy) is 1. The number of amides is 1. The highest BCUT2D eigenvalue weighted by Crippen LogP contribution is 2.26. The number of methoxy groups -OCH3 is 1. The van der Waals surface area contributed by atoms with Gasteiger partial charge in [0.2, 0.25) is 0 Å². The molecule has 20 heavy (non-hydrogen) atoms. The van der Waals surface area contributed by atoms with Crippen molar-refractivity contribution in [3.05, 3.63) is 28.2 Å². The lowest BCUT2D eigenvalue weighted by Crippen LogP contribution is -2.40. The number of nitrogens with zero attached hydrogens (tertiary/aromatic N) is 1. The summed E-state index contributed by atoms with van der Waals surface area (Å²) in [7, 11) is 1.55. The molecule has 0 bridgehead atoms. The number of benzene rings is 1. The molecule has 1 aromatic carbocycles. The number of carbonyl (C=O) groups is 2. The standard InChI is InChI=1S/C14H16BrNO4/c1-20-10-2-3-12(15)11(8-10)13(17)16-6-4-9(5-7-16)14(18)19/h2-3,8-9H,4-7H2,1H3,(H,18,19). The molecular formula is C14H16BrNO4. The quantitative estimate of drug-likeness (QED) is 0.916. The number of halogens is 1. The molecule has 0 atom stereocenters. The summed E-state index contributed by atoms with van der Waals surface area (Å²) in [6.45, 7) is 0.943. The van der Waals surface area contributed by atoms with Gasteiger partial charge in [-0.2, -0.15) is 0 Å². The first-order valence-electron chi connectivity index (χ1n) is 6.38. The van der Waals surface area contributed by atoms with Crippen LogP contribution in [0.5, 0.6) is 5.75 Å². The van der Waals surface area contributed by atoms with Gasteiger partial charge in [0.1, 0.15) is 5.75 Å². The lowest BCUT2D eigenvalue weighted by atomic mass is 9.96. The fourth-order valence-corrected chi connectivity index (χ4v) is 2.71. The van der Waals surface area contributed by atoms with Crippen LogP contribution in [-0.2, 0) is 4.79 Å². The van der Waals surface area contributed by atoms with Crippen molar-refractivity contribution < 1.29 is 19.4 Å². The SMILES string of the molecule is COc1ccc(Br)c(C(=O)N2CCC(C(=O)O)CC2)c1. The highest BCUT2D eigenvalue weighted by molar-refractivity contribution is 9.10. The number of piperidine rings is 1. The van der Waals surface area contributed by atoms with Gasteiger partial charge in [-0.25, -0.2) is 0 Å². The average Bonchev–Trinajstić information content (AvgIpc) is 2.47. The number of carbonyl (C=O) groups excluding carboxylic acids is 1. The maximum Gasteiger partial charge on any atom is 0.306 e. The molecule has 1 aliphatic rings. The Morgan fingerprint density at radius 3 is 2.55 bits per heavy atom. The summed E-state index contributed by atoms with van der Waals surface area (Å²) in [6.07, 6.45) is 1.01. The molecule has 0 aromatic heterocycles. The van der Waals surface area contributed by atoms with Gasteiger partial charge in [0.15, 0.2) is 0 Å². The summed E-state index contributed by atoms with van der Waals surface area (Å²) in [5.74, 6) is -0.593. The molecule has 1 N–H and O–H groups in total. The first-order chi connectivity index (χ1) is 9.52. The second-order valence-electron chi connectivity index (χ2n) is 4.75. The van der Waals surface area contributed by atoms with E-state index in [0.29, 0.717) is 41.7 Å². The van der Waals surface area contributed by atoms with Crippen molar-refractivity contribution in [1.82, 2.24) is 4.90 Å². The molecule has 1 saturated heterocycles. The van der Waals surface area contributed by atoms with Gasteiger partial charge < -0.3 is 14.7 Å². The molecule has 1 amide bonds. The Labute approximate surface area is 125 Å². The maximum absolute atomic E-state index is 12.5. The molecule has 0 spiro atoms. The van der Waals surface area contributed by atoms with Crippen molar-refractivity contribution in [2.24, 2.45) is 5.92 Å². The Hall–Kier alpha value is -1.56. The number of hydrogen-bond acceptors (Lipinski definition) is 3. The summed E-state index contributed by atoms with van der Waals surface area (Å²) in [5.41, 5.74) is 0.540. The summed E-state index contributed by atoms with van der Waals surface area (Å²) >= 11 is 3.36. The molecule has 1 fully saturated rings. The minimum Gasteiger partial charge on any atom is -0.497 e. The van der Waals surface area contributed by atoms with Crippen molar-refractivity contribution in [2.45, 2.75) is 12.8 Å². The number of aliphatic carboxylic acids is 1. The normalized spacial score (nSPS) is 16.0. The fourth-order valence-electron chi connectivity index (χ4n) is 2.30. The van der Waals surface area contributed by atoms with Gasteiger partial charge in [-0.15, -0.1) is 0 Å². The van der Waals surface area contributed by atoms with Crippen LogP contribution in [0.25, 0.3) is 0 Å². The Kier molecular flexibility index (Phi) is 4.65. The molecule has 108 valence electrons. The minimum absolute atomic E-state index is 0.0976. The lowest BCUT2D eigenvalue weighted by Gasteiger charge is -2.30. The predicted molar refractivity (Wildman–Crippen MR) is 77.0 cm³/mol. The van der Waals surface area contributed by atoms with Crippen LogP contribution in [0, 0.1) is 5.92 Å². The Morgan fingerprint density at radius 2 is 2.00 bits per heavy atom. The van der Waals surface area contributed by atoms with E-state index in [4.69, 9.17) is 9.84 Å². The third kappa shape index (κ3) is 3.12. The van der Waals surface area contributed by atoms with E-state index >= 15 is 0 Å². The third-order valence-electron chi connectivity index (χ3n) is 3.54. The minimum atomic E-state index is -0.778. The van der Waals surface area contributed by atoms with E-state index in [0.717, 1.165) is 0 Å². The van der Waals surface area contributed by atoms with Gasteiger partial charge in [-0.1, -0.05) is 0 Å². The summed E-state index contributed by atoms with van der Waals surface area (Å²) in [6, 6.07) is 5.24. The van der Waals surface area contributed by atoms with Gasteiger partial charge in [-0.05, 0) is 47.0 Å². The van der Waals surface area contributed by atoms with E-state index in [2.05, 4.69) is 15.9 Å².